The van der Waals surface area contributed by atoms with Crippen molar-refractivity contribution in [2.45, 2.75) is 12.8 Å². The summed E-state index contributed by atoms with van der Waals surface area (Å²) in [5.74, 6) is -0.327. The first-order valence-electron chi connectivity index (χ1n) is 18.5. The molecule has 0 saturated carbocycles. The Bertz CT molecular complexity index is 2750. The number of rotatable bonds is 16. The van der Waals surface area contributed by atoms with Crippen LogP contribution in [0.3, 0.4) is 0 Å². The van der Waals surface area contributed by atoms with Gasteiger partial charge < -0.3 is 28.8 Å². The molecule has 0 saturated heterocycles. The fraction of sp³-hybridized carbons (Fsp3) is 0.163. The molecule has 2 aromatic carbocycles. The molecular weight excluding hydrogens is 831 g/mol. The van der Waals surface area contributed by atoms with E-state index in [1.807, 2.05) is 10.8 Å². The normalized spacial score (nSPS) is 10.8. The second-order valence-corrected chi connectivity index (χ2v) is 14.5. The van der Waals surface area contributed by atoms with Gasteiger partial charge in [0.15, 0.2) is 0 Å². The van der Waals surface area contributed by atoms with Crippen LogP contribution in [0.5, 0.6) is 23.3 Å². The SMILES string of the molecule is COC(=O)c1cncc(OCCCOc2ncnc3scc(-c4ccc(F)cc4)c23)c1.O=C(O)c1cncc(OCCCOc2ncnc3scc(-c4ccc(F)cc4)c23)c1. The largest absolute Gasteiger partial charge is 0.492 e. The third-order valence-electron chi connectivity index (χ3n) is 8.67. The van der Waals surface area contributed by atoms with Crippen LogP contribution in [0.25, 0.3) is 42.7 Å². The molecule has 8 aromatic rings. The number of hydrogen-bond acceptors (Lipinski definition) is 15. The molecular formula is C43H34F2N6O8S2. The zero-order valence-corrected chi connectivity index (χ0v) is 33.8. The number of carboxylic acid groups (broad SMARTS) is 1. The van der Waals surface area contributed by atoms with E-state index in [2.05, 4.69) is 34.6 Å². The highest BCUT2D eigenvalue weighted by Crippen LogP contribution is 2.39. The van der Waals surface area contributed by atoms with Crippen molar-refractivity contribution in [3.8, 4) is 45.5 Å². The number of ether oxygens (including phenoxy) is 5. The minimum Gasteiger partial charge on any atom is -0.492 e. The summed E-state index contributed by atoms with van der Waals surface area (Å²) < 4.78 is 54.1. The van der Waals surface area contributed by atoms with E-state index in [0.29, 0.717) is 68.1 Å². The summed E-state index contributed by atoms with van der Waals surface area (Å²) >= 11 is 2.95. The van der Waals surface area contributed by atoms with Gasteiger partial charge in [-0.25, -0.2) is 38.3 Å². The molecule has 0 fully saturated rings. The molecule has 6 aromatic heterocycles. The topological polar surface area (TPSA) is 178 Å². The first-order chi connectivity index (χ1) is 29.8. The Hall–Kier alpha value is -7.18. The lowest BCUT2D eigenvalue weighted by molar-refractivity contribution is 0.0598. The number of hydrogen-bond donors (Lipinski definition) is 1. The average molecular weight is 865 g/mol. The van der Waals surface area contributed by atoms with Crippen LogP contribution in [0.4, 0.5) is 8.78 Å². The zero-order chi connectivity index (χ0) is 42.6. The number of carbonyl (C=O) groups is 2. The smallest absolute Gasteiger partial charge is 0.339 e. The van der Waals surface area contributed by atoms with Gasteiger partial charge >= 0.3 is 11.9 Å². The predicted octanol–water partition coefficient (Wildman–Crippen LogP) is 8.97. The maximum absolute atomic E-state index is 13.3. The number of methoxy groups -OCH3 is 1. The summed E-state index contributed by atoms with van der Waals surface area (Å²) in [6, 6.07) is 15.5. The number of fused-ring (bicyclic) bond motifs is 2. The fourth-order valence-corrected chi connectivity index (χ4v) is 7.59. The van der Waals surface area contributed by atoms with Gasteiger partial charge in [-0.3, -0.25) is 9.97 Å². The minimum absolute atomic E-state index is 0.0675. The summed E-state index contributed by atoms with van der Waals surface area (Å²) in [7, 11) is 1.31. The van der Waals surface area contributed by atoms with Crippen molar-refractivity contribution >= 4 is 55.0 Å². The van der Waals surface area contributed by atoms with Crippen LogP contribution in [0.1, 0.15) is 33.6 Å². The highest BCUT2D eigenvalue weighted by molar-refractivity contribution is 7.17. The third kappa shape index (κ3) is 10.7. The van der Waals surface area contributed by atoms with Gasteiger partial charge in [-0.05, 0) is 47.5 Å². The van der Waals surface area contributed by atoms with Crippen LogP contribution in [0.15, 0.2) is 109 Å². The van der Waals surface area contributed by atoms with Crippen molar-refractivity contribution < 1.29 is 47.2 Å². The van der Waals surface area contributed by atoms with Crippen molar-refractivity contribution in [2.75, 3.05) is 33.5 Å². The molecule has 0 aliphatic heterocycles. The summed E-state index contributed by atoms with van der Waals surface area (Å²) in [5, 5.41) is 14.5. The molecule has 0 aliphatic rings. The highest BCUT2D eigenvalue weighted by Gasteiger charge is 2.16. The Morgan fingerprint density at radius 3 is 1.51 bits per heavy atom. The first kappa shape index (κ1) is 42.0. The van der Waals surface area contributed by atoms with Crippen LogP contribution in [0.2, 0.25) is 0 Å². The lowest BCUT2D eigenvalue weighted by Crippen LogP contribution is -2.07. The van der Waals surface area contributed by atoms with E-state index in [9.17, 15) is 18.4 Å². The number of halogens is 2. The van der Waals surface area contributed by atoms with Crippen LogP contribution in [-0.4, -0.2) is 80.5 Å². The number of benzene rings is 2. The van der Waals surface area contributed by atoms with Crippen LogP contribution >= 0.6 is 22.7 Å². The van der Waals surface area contributed by atoms with Crippen molar-refractivity contribution in [3.63, 3.8) is 0 Å². The summed E-state index contributed by atoms with van der Waals surface area (Å²) in [6.07, 6.45) is 9.72. The standard InChI is InChI=1S/C22H18FN3O4S.C21H16FN3O4S/c1-28-22(27)15-9-17(11-24-10-15)29-7-2-8-30-20-19-18(12-31-21(19)26-13-25-20)14-3-5-16(23)6-4-14;22-15-4-2-13(3-5-15)17-11-30-20-18(17)19(24-12-25-20)29-7-1-6-28-16-8-14(21(26)27)9-23-10-16/h3-6,9-13H,2,7-8H2,1H3;2-5,8-12H,1,6-7H2,(H,26,27). The van der Waals surface area contributed by atoms with Crippen molar-refractivity contribution in [3.05, 3.63) is 132 Å². The number of esters is 1. The van der Waals surface area contributed by atoms with Gasteiger partial charge in [-0.2, -0.15) is 0 Å². The minimum atomic E-state index is -1.06. The first-order valence-corrected chi connectivity index (χ1v) is 20.2. The molecule has 0 aliphatic carbocycles. The summed E-state index contributed by atoms with van der Waals surface area (Å²) in [4.78, 5) is 49.1. The van der Waals surface area contributed by atoms with E-state index in [0.717, 1.165) is 42.7 Å². The van der Waals surface area contributed by atoms with E-state index in [1.165, 1.54) is 97.6 Å². The van der Waals surface area contributed by atoms with E-state index in [-0.39, 0.29) is 17.2 Å². The third-order valence-corrected chi connectivity index (χ3v) is 10.4. The number of aromatic nitrogens is 6. The van der Waals surface area contributed by atoms with Gasteiger partial charge in [0.1, 0.15) is 45.4 Å². The second-order valence-electron chi connectivity index (χ2n) is 12.7. The van der Waals surface area contributed by atoms with Crippen LogP contribution in [0, 0.1) is 11.6 Å². The fourth-order valence-electron chi connectivity index (χ4n) is 5.78. The van der Waals surface area contributed by atoms with E-state index in [4.69, 9.17) is 24.1 Å². The average Bonchev–Trinajstić information content (AvgIpc) is 3.93. The van der Waals surface area contributed by atoms with E-state index >= 15 is 0 Å². The molecule has 18 heteroatoms. The summed E-state index contributed by atoms with van der Waals surface area (Å²) in [5.41, 5.74) is 3.91. The molecule has 14 nitrogen and oxygen atoms in total. The van der Waals surface area contributed by atoms with Gasteiger partial charge in [0, 0.05) is 47.1 Å². The van der Waals surface area contributed by atoms with Crippen molar-refractivity contribution in [1.82, 2.24) is 29.9 Å². The molecule has 0 amide bonds. The Morgan fingerprint density at radius 1 is 0.607 bits per heavy atom. The number of nitrogens with zero attached hydrogens (tertiary/aromatic N) is 6. The summed E-state index contributed by atoms with van der Waals surface area (Å²) in [6.45, 7) is 1.41. The quantitative estimate of drug-likeness (QED) is 0.0719. The van der Waals surface area contributed by atoms with E-state index in [1.54, 1.807) is 30.3 Å². The van der Waals surface area contributed by atoms with Crippen molar-refractivity contribution in [1.29, 1.82) is 0 Å². The predicted molar refractivity (Wildman–Crippen MR) is 224 cm³/mol. The van der Waals surface area contributed by atoms with E-state index < -0.39 is 11.9 Å². The molecule has 310 valence electrons. The molecule has 0 spiro atoms. The molecule has 6 heterocycles. The Labute approximate surface area is 354 Å². The van der Waals surface area contributed by atoms with Crippen molar-refractivity contribution in [2.24, 2.45) is 0 Å². The molecule has 8 rings (SSSR count). The maximum Gasteiger partial charge on any atom is 0.339 e. The highest BCUT2D eigenvalue weighted by atomic mass is 32.1. The van der Waals surface area contributed by atoms with Crippen LogP contribution in [-0.2, 0) is 4.74 Å². The van der Waals surface area contributed by atoms with Crippen LogP contribution < -0.4 is 18.9 Å². The van der Waals surface area contributed by atoms with Gasteiger partial charge in [0.2, 0.25) is 11.8 Å². The monoisotopic (exact) mass is 864 g/mol. The van der Waals surface area contributed by atoms with Gasteiger partial charge in [0.05, 0.1) is 67.8 Å². The van der Waals surface area contributed by atoms with Gasteiger partial charge in [-0.1, -0.05) is 24.3 Å². The number of aromatic carboxylic acids is 1. The molecule has 0 bridgehead atoms. The Balaban J connectivity index is 0.000000184. The lowest BCUT2D eigenvalue weighted by Gasteiger charge is -2.09. The number of carbonyl (C=O) groups excluding carboxylic acids is 1. The molecule has 0 radical (unpaired) electrons. The molecule has 61 heavy (non-hydrogen) atoms. The number of carboxylic acids is 1. The molecule has 0 unspecified atom stereocenters. The molecule has 1 N–H and O–H groups in total. The Kier molecular flexibility index (Phi) is 13.9. The zero-order valence-electron chi connectivity index (χ0n) is 32.2. The second kappa shape index (κ2) is 20.2. The molecule has 0 atom stereocenters. The number of thiophene rings is 2. The lowest BCUT2D eigenvalue weighted by atomic mass is 10.1. The maximum atomic E-state index is 13.3. The number of pyridine rings is 2. The Morgan fingerprint density at radius 2 is 1.05 bits per heavy atom. The van der Waals surface area contributed by atoms with Gasteiger partial charge in [-0.15, -0.1) is 22.7 Å². The van der Waals surface area contributed by atoms with Gasteiger partial charge in [0.25, 0.3) is 0 Å².